The van der Waals surface area contributed by atoms with Crippen LogP contribution >= 0.6 is 0 Å². The largest absolute Gasteiger partial charge is 0.339 e. The van der Waals surface area contributed by atoms with Crippen molar-refractivity contribution in [3.05, 3.63) is 29.4 Å². The molecule has 0 aliphatic carbocycles. The Balaban J connectivity index is 1.70. The van der Waals surface area contributed by atoms with Crippen molar-refractivity contribution >= 4 is 5.91 Å². The van der Waals surface area contributed by atoms with Crippen molar-refractivity contribution in [2.45, 2.75) is 46.8 Å². The lowest BCUT2D eigenvalue weighted by Crippen LogP contribution is -2.31. The summed E-state index contributed by atoms with van der Waals surface area (Å²) >= 11 is 0. The second-order valence-electron chi connectivity index (χ2n) is 6.43. The average molecular weight is 332 g/mol. The monoisotopic (exact) mass is 332 g/mol. The van der Waals surface area contributed by atoms with Crippen molar-refractivity contribution in [2.24, 2.45) is 5.92 Å². The standard InChI is InChI=1S/C16H24N6O2/c1-4-21(10-13-19-15(24-20-13)7-11(2)3)16(23)12-9-22-6-5-17-8-14(22)18-12/h9,11,17H,4-8,10H2,1-3H3. The van der Waals surface area contributed by atoms with Gasteiger partial charge in [-0.2, -0.15) is 4.98 Å². The molecular formula is C16H24N6O2. The predicted octanol–water partition coefficient (Wildman–Crippen LogP) is 1.23. The van der Waals surface area contributed by atoms with Crippen LogP contribution in [0.2, 0.25) is 0 Å². The topological polar surface area (TPSA) is 89.1 Å². The lowest BCUT2D eigenvalue weighted by atomic mass is 10.1. The van der Waals surface area contributed by atoms with E-state index in [9.17, 15) is 4.79 Å². The molecule has 0 unspecified atom stereocenters. The van der Waals surface area contributed by atoms with Gasteiger partial charge in [-0.05, 0) is 12.8 Å². The second-order valence-corrected chi connectivity index (χ2v) is 6.43. The minimum Gasteiger partial charge on any atom is -0.339 e. The summed E-state index contributed by atoms with van der Waals surface area (Å²) in [6.07, 6.45) is 2.58. The first-order valence-electron chi connectivity index (χ1n) is 8.44. The number of hydrogen-bond acceptors (Lipinski definition) is 6. The van der Waals surface area contributed by atoms with Crippen LogP contribution in [0.3, 0.4) is 0 Å². The molecule has 1 amide bonds. The van der Waals surface area contributed by atoms with Gasteiger partial charge >= 0.3 is 0 Å². The third kappa shape index (κ3) is 3.64. The Bertz CT molecular complexity index is 682. The minimum atomic E-state index is -0.102. The molecule has 3 heterocycles. The maximum atomic E-state index is 12.7. The van der Waals surface area contributed by atoms with Gasteiger partial charge in [0.25, 0.3) is 5.91 Å². The number of nitrogens with zero attached hydrogens (tertiary/aromatic N) is 5. The van der Waals surface area contributed by atoms with Crippen molar-refractivity contribution in [1.29, 1.82) is 0 Å². The number of aromatic nitrogens is 4. The summed E-state index contributed by atoms with van der Waals surface area (Å²) in [4.78, 5) is 23.2. The highest BCUT2D eigenvalue weighted by Crippen LogP contribution is 2.12. The number of nitrogens with one attached hydrogen (secondary N) is 1. The first kappa shape index (κ1) is 16.6. The molecule has 0 saturated carbocycles. The van der Waals surface area contributed by atoms with Crippen LogP contribution in [0.25, 0.3) is 0 Å². The number of carbonyl (C=O) groups is 1. The molecule has 1 aliphatic heterocycles. The first-order chi connectivity index (χ1) is 11.6. The highest BCUT2D eigenvalue weighted by Gasteiger charge is 2.22. The minimum absolute atomic E-state index is 0.102. The number of imidazole rings is 1. The third-order valence-corrected chi connectivity index (χ3v) is 3.99. The van der Waals surface area contributed by atoms with Gasteiger partial charge in [0, 0.05) is 32.3 Å². The summed E-state index contributed by atoms with van der Waals surface area (Å²) in [6, 6.07) is 0. The van der Waals surface area contributed by atoms with E-state index in [1.807, 2.05) is 17.7 Å². The molecule has 24 heavy (non-hydrogen) atoms. The fraction of sp³-hybridized carbons (Fsp3) is 0.625. The van der Waals surface area contributed by atoms with Crippen LogP contribution in [0.4, 0.5) is 0 Å². The van der Waals surface area contributed by atoms with Gasteiger partial charge in [-0.3, -0.25) is 4.79 Å². The second kappa shape index (κ2) is 7.12. The fourth-order valence-corrected chi connectivity index (χ4v) is 2.74. The molecule has 0 saturated heterocycles. The molecule has 8 nitrogen and oxygen atoms in total. The van der Waals surface area contributed by atoms with E-state index in [-0.39, 0.29) is 5.91 Å². The van der Waals surface area contributed by atoms with Crippen LogP contribution < -0.4 is 5.32 Å². The van der Waals surface area contributed by atoms with E-state index in [2.05, 4.69) is 34.3 Å². The predicted molar refractivity (Wildman–Crippen MR) is 87.2 cm³/mol. The summed E-state index contributed by atoms with van der Waals surface area (Å²) in [5, 5.41) is 7.24. The summed E-state index contributed by atoms with van der Waals surface area (Å²) in [7, 11) is 0. The molecule has 2 aromatic heterocycles. The molecule has 0 atom stereocenters. The van der Waals surface area contributed by atoms with Gasteiger partial charge in [0.1, 0.15) is 11.5 Å². The Morgan fingerprint density at radius 2 is 2.29 bits per heavy atom. The molecule has 0 fully saturated rings. The molecule has 0 spiro atoms. The molecule has 0 radical (unpaired) electrons. The van der Waals surface area contributed by atoms with Gasteiger partial charge in [-0.1, -0.05) is 19.0 Å². The van der Waals surface area contributed by atoms with Crippen LogP contribution in [0.5, 0.6) is 0 Å². The maximum absolute atomic E-state index is 12.7. The zero-order valence-corrected chi connectivity index (χ0v) is 14.4. The van der Waals surface area contributed by atoms with Crippen LogP contribution in [-0.4, -0.2) is 43.6 Å². The van der Waals surface area contributed by atoms with E-state index in [0.29, 0.717) is 43.0 Å². The van der Waals surface area contributed by atoms with E-state index in [1.165, 1.54) is 0 Å². The third-order valence-electron chi connectivity index (χ3n) is 3.99. The number of fused-ring (bicyclic) bond motifs is 1. The molecule has 8 heteroatoms. The zero-order valence-electron chi connectivity index (χ0n) is 14.4. The van der Waals surface area contributed by atoms with Crippen molar-refractivity contribution in [3.63, 3.8) is 0 Å². The molecule has 1 aliphatic rings. The lowest BCUT2D eigenvalue weighted by Gasteiger charge is -2.17. The van der Waals surface area contributed by atoms with E-state index in [4.69, 9.17) is 4.52 Å². The Morgan fingerprint density at radius 1 is 1.46 bits per heavy atom. The summed E-state index contributed by atoms with van der Waals surface area (Å²) in [5.74, 6) is 2.40. The molecule has 0 aromatic carbocycles. The van der Waals surface area contributed by atoms with E-state index < -0.39 is 0 Å². The molecular weight excluding hydrogens is 308 g/mol. The molecule has 130 valence electrons. The summed E-state index contributed by atoms with van der Waals surface area (Å²) in [5.41, 5.74) is 0.474. The van der Waals surface area contributed by atoms with E-state index in [0.717, 1.165) is 25.3 Å². The smallest absolute Gasteiger partial charge is 0.274 e. The Labute approximate surface area is 141 Å². The quantitative estimate of drug-likeness (QED) is 0.856. The molecule has 0 bridgehead atoms. The molecule has 3 rings (SSSR count). The number of amides is 1. The van der Waals surface area contributed by atoms with Crippen LogP contribution in [-0.2, 0) is 26.1 Å². The van der Waals surface area contributed by atoms with Crippen molar-refractivity contribution in [3.8, 4) is 0 Å². The van der Waals surface area contributed by atoms with Crippen molar-refractivity contribution in [1.82, 2.24) is 29.9 Å². The van der Waals surface area contributed by atoms with E-state index >= 15 is 0 Å². The molecule has 2 aromatic rings. The van der Waals surface area contributed by atoms with Crippen LogP contribution in [0.1, 0.15) is 48.8 Å². The van der Waals surface area contributed by atoms with Gasteiger partial charge in [0.2, 0.25) is 5.89 Å². The average Bonchev–Trinajstić information content (AvgIpc) is 3.17. The van der Waals surface area contributed by atoms with Gasteiger partial charge in [0.05, 0.1) is 13.1 Å². The molecule has 1 N–H and O–H groups in total. The highest BCUT2D eigenvalue weighted by molar-refractivity contribution is 5.92. The zero-order chi connectivity index (χ0) is 17.1. The number of carbonyl (C=O) groups excluding carboxylic acids is 1. The Hall–Kier alpha value is -2.22. The Kier molecular flexibility index (Phi) is 4.94. The maximum Gasteiger partial charge on any atom is 0.274 e. The van der Waals surface area contributed by atoms with Gasteiger partial charge in [-0.25, -0.2) is 4.98 Å². The summed E-state index contributed by atoms with van der Waals surface area (Å²) in [6.45, 7) is 9.46. The Morgan fingerprint density at radius 3 is 3.00 bits per heavy atom. The highest BCUT2D eigenvalue weighted by atomic mass is 16.5. The first-order valence-corrected chi connectivity index (χ1v) is 8.44. The van der Waals surface area contributed by atoms with Gasteiger partial charge in [-0.15, -0.1) is 0 Å². The number of hydrogen-bond donors (Lipinski definition) is 1. The normalized spacial score (nSPS) is 14.0. The fourth-order valence-electron chi connectivity index (χ4n) is 2.74. The SMILES string of the molecule is CCN(Cc1noc(CC(C)C)n1)C(=O)c1cn2c(n1)CNCC2. The van der Waals surface area contributed by atoms with Crippen molar-refractivity contribution in [2.75, 3.05) is 13.1 Å². The van der Waals surface area contributed by atoms with E-state index in [1.54, 1.807) is 4.90 Å². The van der Waals surface area contributed by atoms with Gasteiger partial charge in [0.15, 0.2) is 5.82 Å². The number of rotatable bonds is 6. The lowest BCUT2D eigenvalue weighted by molar-refractivity contribution is 0.0741. The van der Waals surface area contributed by atoms with Crippen LogP contribution in [0.15, 0.2) is 10.7 Å². The van der Waals surface area contributed by atoms with Crippen molar-refractivity contribution < 1.29 is 9.32 Å². The van der Waals surface area contributed by atoms with Gasteiger partial charge < -0.3 is 19.3 Å². The van der Waals surface area contributed by atoms with Crippen LogP contribution in [0, 0.1) is 5.92 Å². The summed E-state index contributed by atoms with van der Waals surface area (Å²) < 4.78 is 7.28.